The van der Waals surface area contributed by atoms with Gasteiger partial charge in [0.25, 0.3) is 0 Å². The molecule has 13 heavy (non-hydrogen) atoms. The van der Waals surface area contributed by atoms with Crippen molar-refractivity contribution in [3.8, 4) is 0 Å². The first kappa shape index (κ1) is 8.54. The largest absolute Gasteiger partial charge is 0.339 e. The highest BCUT2D eigenvalue weighted by Gasteiger charge is 2.19. The van der Waals surface area contributed by atoms with E-state index in [1.165, 1.54) is 11.1 Å². The Morgan fingerprint density at radius 3 is 3.08 bits per heavy atom. The molecule has 0 fully saturated rings. The van der Waals surface area contributed by atoms with E-state index in [1.807, 2.05) is 4.90 Å². The molecule has 0 N–H and O–H groups in total. The number of amides is 1. The van der Waals surface area contributed by atoms with Crippen LogP contribution in [0.15, 0.2) is 23.3 Å². The molecule has 2 aliphatic rings. The van der Waals surface area contributed by atoms with Gasteiger partial charge in [0.15, 0.2) is 0 Å². The van der Waals surface area contributed by atoms with Gasteiger partial charge in [0.1, 0.15) is 0 Å². The minimum Gasteiger partial charge on any atom is -0.339 e. The van der Waals surface area contributed by atoms with Crippen molar-refractivity contribution in [1.82, 2.24) is 4.90 Å². The molecule has 0 unspecified atom stereocenters. The zero-order valence-electron chi connectivity index (χ0n) is 8.05. The minimum absolute atomic E-state index is 0.209. The van der Waals surface area contributed by atoms with Crippen LogP contribution in [0, 0.1) is 0 Å². The lowest BCUT2D eigenvalue weighted by Crippen LogP contribution is -2.35. The van der Waals surface area contributed by atoms with Crippen LogP contribution < -0.4 is 0 Å². The SMILES string of the molecule is CC(=O)N1CCC2=C(CCC=C2)C1. The molecule has 0 atom stereocenters. The Morgan fingerprint density at radius 1 is 1.46 bits per heavy atom. The number of carbonyl (C=O) groups excluding carboxylic acids is 1. The van der Waals surface area contributed by atoms with Crippen LogP contribution in [0.4, 0.5) is 0 Å². The van der Waals surface area contributed by atoms with Crippen molar-refractivity contribution in [2.45, 2.75) is 26.2 Å². The third kappa shape index (κ3) is 1.67. The van der Waals surface area contributed by atoms with Crippen LogP contribution in [0.5, 0.6) is 0 Å². The second-order valence-electron chi connectivity index (χ2n) is 3.76. The second-order valence-corrected chi connectivity index (χ2v) is 3.76. The molecule has 0 aromatic rings. The van der Waals surface area contributed by atoms with E-state index in [1.54, 1.807) is 6.92 Å². The van der Waals surface area contributed by atoms with Crippen LogP contribution in [0.3, 0.4) is 0 Å². The van der Waals surface area contributed by atoms with E-state index < -0.39 is 0 Å². The fourth-order valence-electron chi connectivity index (χ4n) is 2.04. The van der Waals surface area contributed by atoms with Gasteiger partial charge in [-0.15, -0.1) is 0 Å². The van der Waals surface area contributed by atoms with Gasteiger partial charge in [-0.3, -0.25) is 4.79 Å². The van der Waals surface area contributed by atoms with Crippen molar-refractivity contribution in [3.63, 3.8) is 0 Å². The van der Waals surface area contributed by atoms with E-state index in [0.29, 0.717) is 0 Å². The molecule has 0 bridgehead atoms. The maximum Gasteiger partial charge on any atom is 0.219 e. The first-order valence-corrected chi connectivity index (χ1v) is 4.90. The van der Waals surface area contributed by atoms with Gasteiger partial charge in [-0.05, 0) is 30.4 Å². The van der Waals surface area contributed by atoms with E-state index in [-0.39, 0.29) is 5.91 Å². The standard InChI is InChI=1S/C11H15NO/c1-9(13)12-7-6-10-4-2-3-5-11(10)8-12/h2,4H,3,5-8H2,1H3. The summed E-state index contributed by atoms with van der Waals surface area (Å²) in [7, 11) is 0. The third-order valence-corrected chi connectivity index (χ3v) is 2.86. The smallest absolute Gasteiger partial charge is 0.219 e. The van der Waals surface area contributed by atoms with Crippen molar-refractivity contribution in [1.29, 1.82) is 0 Å². The quantitative estimate of drug-likeness (QED) is 0.553. The number of allylic oxidation sites excluding steroid dienone is 2. The Morgan fingerprint density at radius 2 is 2.31 bits per heavy atom. The molecule has 0 radical (unpaired) electrons. The number of rotatable bonds is 0. The minimum atomic E-state index is 0.209. The van der Waals surface area contributed by atoms with E-state index >= 15 is 0 Å². The first-order chi connectivity index (χ1) is 6.27. The Labute approximate surface area is 78.9 Å². The zero-order valence-corrected chi connectivity index (χ0v) is 8.05. The van der Waals surface area contributed by atoms with E-state index in [2.05, 4.69) is 12.2 Å². The average Bonchev–Trinajstić information content (AvgIpc) is 2.17. The molecule has 0 saturated carbocycles. The molecule has 1 heterocycles. The second kappa shape index (κ2) is 3.36. The molecule has 2 rings (SSSR count). The molecule has 0 spiro atoms. The van der Waals surface area contributed by atoms with Gasteiger partial charge >= 0.3 is 0 Å². The molecular formula is C11H15NO. The predicted molar refractivity (Wildman–Crippen MR) is 52.3 cm³/mol. The molecule has 2 nitrogen and oxygen atoms in total. The molecule has 0 saturated heterocycles. The van der Waals surface area contributed by atoms with E-state index in [0.717, 1.165) is 32.4 Å². The predicted octanol–water partition coefficient (Wildman–Crippen LogP) is 1.89. The van der Waals surface area contributed by atoms with E-state index in [4.69, 9.17) is 0 Å². The van der Waals surface area contributed by atoms with Gasteiger partial charge in [-0.1, -0.05) is 12.2 Å². The summed E-state index contributed by atoms with van der Waals surface area (Å²) in [5.41, 5.74) is 2.95. The Hall–Kier alpha value is -1.05. The molecule has 1 aliphatic carbocycles. The molecule has 0 aromatic heterocycles. The molecule has 1 amide bonds. The first-order valence-electron chi connectivity index (χ1n) is 4.90. The van der Waals surface area contributed by atoms with Crippen molar-refractivity contribution >= 4 is 5.91 Å². The number of nitrogens with zero attached hydrogens (tertiary/aromatic N) is 1. The number of carbonyl (C=O) groups is 1. The Bertz CT molecular complexity index is 288. The fraction of sp³-hybridized carbons (Fsp3) is 0.545. The van der Waals surface area contributed by atoms with Crippen LogP contribution in [-0.4, -0.2) is 23.9 Å². The highest BCUT2D eigenvalue weighted by molar-refractivity contribution is 5.74. The Kier molecular flexibility index (Phi) is 2.21. The fourth-order valence-corrected chi connectivity index (χ4v) is 2.04. The topological polar surface area (TPSA) is 20.3 Å². The summed E-state index contributed by atoms with van der Waals surface area (Å²) in [4.78, 5) is 13.1. The highest BCUT2D eigenvalue weighted by atomic mass is 16.2. The summed E-state index contributed by atoms with van der Waals surface area (Å²) in [5, 5.41) is 0. The molecule has 1 aliphatic heterocycles. The van der Waals surface area contributed by atoms with Gasteiger partial charge in [-0.2, -0.15) is 0 Å². The zero-order chi connectivity index (χ0) is 9.26. The van der Waals surface area contributed by atoms with Crippen molar-refractivity contribution in [3.05, 3.63) is 23.3 Å². The van der Waals surface area contributed by atoms with Gasteiger partial charge in [0.2, 0.25) is 5.91 Å². The third-order valence-electron chi connectivity index (χ3n) is 2.86. The van der Waals surface area contributed by atoms with Gasteiger partial charge in [-0.25, -0.2) is 0 Å². The lowest BCUT2D eigenvalue weighted by molar-refractivity contribution is -0.128. The maximum atomic E-state index is 11.2. The number of hydrogen-bond donors (Lipinski definition) is 0. The van der Waals surface area contributed by atoms with Gasteiger partial charge in [0, 0.05) is 20.0 Å². The van der Waals surface area contributed by atoms with Crippen LogP contribution in [0.25, 0.3) is 0 Å². The monoisotopic (exact) mass is 177 g/mol. The van der Waals surface area contributed by atoms with Gasteiger partial charge < -0.3 is 4.90 Å². The molecular weight excluding hydrogens is 162 g/mol. The summed E-state index contributed by atoms with van der Waals surface area (Å²) in [6.45, 7) is 3.43. The summed E-state index contributed by atoms with van der Waals surface area (Å²) in [6.07, 6.45) is 7.81. The average molecular weight is 177 g/mol. The molecule has 70 valence electrons. The van der Waals surface area contributed by atoms with Crippen LogP contribution in [0.2, 0.25) is 0 Å². The Balaban J connectivity index is 2.14. The highest BCUT2D eigenvalue weighted by Crippen LogP contribution is 2.26. The van der Waals surface area contributed by atoms with E-state index in [9.17, 15) is 4.79 Å². The lowest BCUT2D eigenvalue weighted by Gasteiger charge is -2.30. The van der Waals surface area contributed by atoms with Gasteiger partial charge in [0.05, 0.1) is 0 Å². The van der Waals surface area contributed by atoms with Crippen LogP contribution in [0.1, 0.15) is 26.2 Å². The van der Waals surface area contributed by atoms with Crippen molar-refractivity contribution < 1.29 is 4.79 Å². The molecule has 2 heteroatoms. The molecule has 0 aromatic carbocycles. The van der Waals surface area contributed by atoms with Crippen LogP contribution in [-0.2, 0) is 4.79 Å². The maximum absolute atomic E-state index is 11.2. The van der Waals surface area contributed by atoms with Crippen LogP contribution >= 0.6 is 0 Å². The summed E-state index contributed by atoms with van der Waals surface area (Å²) in [5.74, 6) is 0.209. The van der Waals surface area contributed by atoms with Crippen molar-refractivity contribution in [2.24, 2.45) is 0 Å². The van der Waals surface area contributed by atoms with Crippen molar-refractivity contribution in [2.75, 3.05) is 13.1 Å². The summed E-state index contributed by atoms with van der Waals surface area (Å²) < 4.78 is 0. The lowest BCUT2D eigenvalue weighted by atomic mass is 9.92. The number of hydrogen-bond acceptors (Lipinski definition) is 1. The summed E-state index contributed by atoms with van der Waals surface area (Å²) in [6, 6.07) is 0. The normalized spacial score (nSPS) is 21.8. The summed E-state index contributed by atoms with van der Waals surface area (Å²) >= 11 is 0.